The van der Waals surface area contributed by atoms with Gasteiger partial charge in [-0.25, -0.2) is 0 Å². The summed E-state index contributed by atoms with van der Waals surface area (Å²) in [5.74, 6) is 0.891. The zero-order chi connectivity index (χ0) is 13.2. The molecule has 3 heteroatoms. The van der Waals surface area contributed by atoms with Crippen molar-refractivity contribution < 1.29 is 4.74 Å². The fourth-order valence-electron chi connectivity index (χ4n) is 3.72. The molecule has 3 unspecified atom stereocenters. The minimum atomic E-state index is 0.0453. The molecule has 2 rings (SSSR count). The van der Waals surface area contributed by atoms with Crippen LogP contribution in [0, 0.1) is 5.92 Å². The van der Waals surface area contributed by atoms with Gasteiger partial charge < -0.3 is 10.5 Å². The molecule has 18 heavy (non-hydrogen) atoms. The van der Waals surface area contributed by atoms with Crippen molar-refractivity contribution in [3.8, 4) is 0 Å². The number of piperidine rings is 1. The van der Waals surface area contributed by atoms with E-state index < -0.39 is 0 Å². The van der Waals surface area contributed by atoms with Crippen molar-refractivity contribution in [3.63, 3.8) is 0 Å². The van der Waals surface area contributed by atoms with Crippen LogP contribution in [-0.2, 0) is 4.74 Å². The van der Waals surface area contributed by atoms with E-state index >= 15 is 0 Å². The molecule has 0 amide bonds. The van der Waals surface area contributed by atoms with Gasteiger partial charge in [-0.05, 0) is 52.0 Å². The number of rotatable bonds is 3. The molecule has 3 nitrogen and oxygen atoms in total. The third kappa shape index (κ3) is 3.25. The maximum Gasteiger partial charge on any atom is 0.0641 e. The van der Waals surface area contributed by atoms with Crippen LogP contribution in [0.15, 0.2) is 0 Å². The third-order valence-corrected chi connectivity index (χ3v) is 4.86. The first-order valence-corrected chi connectivity index (χ1v) is 7.65. The second-order valence-corrected chi connectivity index (χ2v) is 6.68. The van der Waals surface area contributed by atoms with Gasteiger partial charge in [-0.15, -0.1) is 0 Å². The number of nitrogens with two attached hydrogens (primary N) is 1. The molecule has 106 valence electrons. The van der Waals surface area contributed by atoms with Gasteiger partial charge in [0.05, 0.1) is 5.60 Å². The maximum absolute atomic E-state index is 6.01. The Morgan fingerprint density at radius 1 is 1.33 bits per heavy atom. The fourth-order valence-corrected chi connectivity index (χ4v) is 3.72. The zero-order valence-electron chi connectivity index (χ0n) is 12.3. The van der Waals surface area contributed by atoms with Gasteiger partial charge in [0.25, 0.3) is 0 Å². The molecule has 0 radical (unpaired) electrons. The maximum atomic E-state index is 6.01. The highest BCUT2D eigenvalue weighted by Crippen LogP contribution is 2.33. The number of nitrogens with zero attached hydrogens (tertiary/aromatic N) is 1. The Hall–Kier alpha value is -0.120. The van der Waals surface area contributed by atoms with Crippen molar-refractivity contribution in [1.82, 2.24) is 4.90 Å². The normalized spacial score (nSPS) is 37.7. The van der Waals surface area contributed by atoms with Crippen LogP contribution in [0.3, 0.4) is 0 Å². The molecular weight excluding hydrogens is 224 g/mol. The summed E-state index contributed by atoms with van der Waals surface area (Å²) >= 11 is 0. The average Bonchev–Trinajstić information content (AvgIpc) is 2.36. The predicted molar refractivity (Wildman–Crippen MR) is 75.6 cm³/mol. The Bertz CT molecular complexity index is 267. The van der Waals surface area contributed by atoms with E-state index in [9.17, 15) is 0 Å². The molecule has 2 N–H and O–H groups in total. The number of hydrogen-bond donors (Lipinski definition) is 1. The van der Waals surface area contributed by atoms with Crippen molar-refractivity contribution >= 4 is 0 Å². The largest absolute Gasteiger partial charge is 0.375 e. The lowest BCUT2D eigenvalue weighted by molar-refractivity contribution is -0.0947. The molecule has 0 aliphatic carbocycles. The molecule has 0 aromatic heterocycles. The minimum Gasteiger partial charge on any atom is -0.375 e. The Labute approximate surface area is 112 Å². The lowest BCUT2D eigenvalue weighted by Crippen LogP contribution is -2.55. The Morgan fingerprint density at radius 3 is 2.72 bits per heavy atom. The summed E-state index contributed by atoms with van der Waals surface area (Å²) in [5.41, 5.74) is 6.06. The highest BCUT2D eigenvalue weighted by atomic mass is 16.5. The van der Waals surface area contributed by atoms with E-state index in [4.69, 9.17) is 10.5 Å². The van der Waals surface area contributed by atoms with Crippen LogP contribution in [0.5, 0.6) is 0 Å². The van der Waals surface area contributed by atoms with E-state index in [0.29, 0.717) is 12.1 Å². The average molecular weight is 254 g/mol. The Balaban J connectivity index is 1.98. The first kappa shape index (κ1) is 14.3. The summed E-state index contributed by atoms with van der Waals surface area (Å²) in [6, 6.07) is 1.28. The topological polar surface area (TPSA) is 38.5 Å². The van der Waals surface area contributed by atoms with Gasteiger partial charge in [0.15, 0.2) is 0 Å². The van der Waals surface area contributed by atoms with Crippen LogP contribution in [-0.4, -0.2) is 42.3 Å². The van der Waals surface area contributed by atoms with Gasteiger partial charge >= 0.3 is 0 Å². The van der Waals surface area contributed by atoms with Gasteiger partial charge in [0, 0.05) is 25.2 Å². The molecule has 2 aliphatic heterocycles. The number of hydrogen-bond acceptors (Lipinski definition) is 3. The molecule has 0 aromatic rings. The van der Waals surface area contributed by atoms with Crippen molar-refractivity contribution in [3.05, 3.63) is 0 Å². The molecule has 0 aromatic carbocycles. The lowest BCUT2D eigenvalue weighted by atomic mass is 9.85. The first-order valence-electron chi connectivity index (χ1n) is 7.65. The first-order chi connectivity index (χ1) is 8.55. The second-order valence-electron chi connectivity index (χ2n) is 6.68. The van der Waals surface area contributed by atoms with Crippen LogP contribution in [0.25, 0.3) is 0 Å². The van der Waals surface area contributed by atoms with Crippen molar-refractivity contribution in [2.45, 2.75) is 70.6 Å². The summed E-state index contributed by atoms with van der Waals surface area (Å²) in [5, 5.41) is 0. The molecule has 3 atom stereocenters. The van der Waals surface area contributed by atoms with E-state index in [-0.39, 0.29) is 5.60 Å². The van der Waals surface area contributed by atoms with Crippen LogP contribution < -0.4 is 5.73 Å². The molecule has 0 spiro atoms. The summed E-state index contributed by atoms with van der Waals surface area (Å²) in [6.45, 7) is 9.70. The Kier molecular flexibility index (Phi) is 4.68. The quantitative estimate of drug-likeness (QED) is 0.840. The zero-order valence-corrected chi connectivity index (χ0v) is 12.3. The summed E-state index contributed by atoms with van der Waals surface area (Å²) < 4.78 is 5.84. The smallest absolute Gasteiger partial charge is 0.0641 e. The SMILES string of the molecule is CCC1CCN(C2CCOC(C)(C)C2)C(CN)C1. The second kappa shape index (κ2) is 5.89. The molecule has 2 saturated heterocycles. The molecule has 2 heterocycles. The van der Waals surface area contributed by atoms with Crippen molar-refractivity contribution in [2.24, 2.45) is 11.7 Å². The van der Waals surface area contributed by atoms with Gasteiger partial charge in [0.2, 0.25) is 0 Å². The molecule has 2 aliphatic rings. The summed E-state index contributed by atoms with van der Waals surface area (Å²) in [6.07, 6.45) is 6.29. The van der Waals surface area contributed by atoms with E-state index in [1.165, 1.54) is 32.2 Å². The fraction of sp³-hybridized carbons (Fsp3) is 1.00. The number of ether oxygens (including phenoxy) is 1. The molecular formula is C15H30N2O. The summed E-state index contributed by atoms with van der Waals surface area (Å²) in [7, 11) is 0. The van der Waals surface area contributed by atoms with E-state index in [1.54, 1.807) is 0 Å². The van der Waals surface area contributed by atoms with Crippen LogP contribution in [0.2, 0.25) is 0 Å². The minimum absolute atomic E-state index is 0.0453. The molecule has 0 saturated carbocycles. The van der Waals surface area contributed by atoms with Gasteiger partial charge in [-0.3, -0.25) is 4.90 Å². The van der Waals surface area contributed by atoms with E-state index in [2.05, 4.69) is 25.7 Å². The van der Waals surface area contributed by atoms with Gasteiger partial charge in [0.1, 0.15) is 0 Å². The van der Waals surface area contributed by atoms with Gasteiger partial charge in [-0.1, -0.05) is 13.3 Å². The van der Waals surface area contributed by atoms with Crippen molar-refractivity contribution in [1.29, 1.82) is 0 Å². The number of likely N-dealkylation sites (tertiary alicyclic amines) is 1. The lowest BCUT2D eigenvalue weighted by Gasteiger charge is -2.47. The molecule has 2 fully saturated rings. The van der Waals surface area contributed by atoms with Gasteiger partial charge in [-0.2, -0.15) is 0 Å². The Morgan fingerprint density at radius 2 is 2.11 bits per heavy atom. The summed E-state index contributed by atoms with van der Waals surface area (Å²) in [4.78, 5) is 2.69. The van der Waals surface area contributed by atoms with Crippen LogP contribution in [0.4, 0.5) is 0 Å². The van der Waals surface area contributed by atoms with E-state index in [0.717, 1.165) is 25.5 Å². The van der Waals surface area contributed by atoms with Crippen LogP contribution in [0.1, 0.15) is 52.9 Å². The highest BCUT2D eigenvalue weighted by molar-refractivity contribution is 4.91. The van der Waals surface area contributed by atoms with Crippen molar-refractivity contribution in [2.75, 3.05) is 19.7 Å². The third-order valence-electron chi connectivity index (χ3n) is 4.86. The van der Waals surface area contributed by atoms with E-state index in [1.807, 2.05) is 0 Å². The standard InChI is InChI=1S/C15H30N2O/c1-4-12-5-7-17(14(9-12)11-16)13-6-8-18-15(2,3)10-13/h12-14H,4-11,16H2,1-3H3. The highest BCUT2D eigenvalue weighted by Gasteiger charge is 2.37. The molecule has 0 bridgehead atoms. The monoisotopic (exact) mass is 254 g/mol. The van der Waals surface area contributed by atoms with Crippen LogP contribution >= 0.6 is 0 Å². The predicted octanol–water partition coefficient (Wildman–Crippen LogP) is 2.39.